The summed E-state index contributed by atoms with van der Waals surface area (Å²) in [5.74, 6) is 6.29. The van der Waals surface area contributed by atoms with E-state index in [1.165, 1.54) is 105 Å². The molecule has 0 spiro atoms. The zero-order valence-corrected chi connectivity index (χ0v) is 40.7. The number of benzene rings is 4. The SMILES string of the molecule is CCCCCCC#CC(C=Nc1ccc(CCCC)c(CCCC)c1)=Nc1ccc(CCCC)c(CCCC)c1.CCCCc1ccc(CC(O)C(O)C(O)CO)c2cc(O)c(O)cc12. The van der Waals surface area contributed by atoms with Crippen molar-refractivity contribution in [1.29, 1.82) is 0 Å². The third-order valence-electron chi connectivity index (χ3n) is 12.0. The zero-order chi connectivity index (χ0) is 47.4. The largest absolute Gasteiger partial charge is 0.504 e. The average molecular weight is 891 g/mol. The minimum atomic E-state index is -1.48. The third-order valence-corrected chi connectivity index (χ3v) is 12.0. The Labute approximate surface area is 392 Å². The van der Waals surface area contributed by atoms with Gasteiger partial charge in [0.2, 0.25) is 0 Å². The van der Waals surface area contributed by atoms with Crippen molar-refractivity contribution < 1.29 is 30.6 Å². The molecule has 8 nitrogen and oxygen atoms in total. The Hall–Kier alpha value is -4.52. The molecule has 4 aromatic rings. The van der Waals surface area contributed by atoms with Gasteiger partial charge < -0.3 is 30.6 Å². The molecular formula is C57H82N2O6. The number of unbranched alkanes of at least 4 members (excludes halogenated alkanes) is 9. The van der Waals surface area contributed by atoms with Crippen LogP contribution in [0.4, 0.5) is 11.4 Å². The summed E-state index contributed by atoms with van der Waals surface area (Å²) >= 11 is 0. The van der Waals surface area contributed by atoms with E-state index in [0.717, 1.165) is 85.8 Å². The summed E-state index contributed by atoms with van der Waals surface area (Å²) in [4.78, 5) is 9.91. The molecule has 0 bridgehead atoms. The van der Waals surface area contributed by atoms with Crippen molar-refractivity contribution >= 4 is 34.1 Å². The van der Waals surface area contributed by atoms with E-state index in [4.69, 9.17) is 15.1 Å². The lowest BCUT2D eigenvalue weighted by molar-refractivity contribution is -0.0754. The van der Waals surface area contributed by atoms with Gasteiger partial charge in [-0.1, -0.05) is 123 Å². The second kappa shape index (κ2) is 31.4. The number of hydrogen-bond acceptors (Lipinski definition) is 8. The highest BCUT2D eigenvalue weighted by atomic mass is 16.4. The Morgan fingerprint density at radius 1 is 0.523 bits per heavy atom. The first-order valence-electron chi connectivity index (χ1n) is 25.0. The van der Waals surface area contributed by atoms with Gasteiger partial charge in [0, 0.05) is 12.8 Å². The van der Waals surface area contributed by atoms with Crippen molar-refractivity contribution in [2.45, 2.75) is 195 Å². The highest BCUT2D eigenvalue weighted by molar-refractivity contribution is 6.39. The number of aliphatic imine (C=N–C) groups is 2. The first-order valence-corrected chi connectivity index (χ1v) is 25.0. The predicted molar refractivity (Wildman–Crippen MR) is 274 cm³/mol. The van der Waals surface area contributed by atoms with Crippen LogP contribution in [-0.2, 0) is 38.5 Å². The molecule has 65 heavy (non-hydrogen) atoms. The van der Waals surface area contributed by atoms with E-state index in [0.29, 0.717) is 10.9 Å². The molecule has 6 N–H and O–H groups in total. The molecule has 0 heterocycles. The van der Waals surface area contributed by atoms with Crippen LogP contribution in [0.1, 0.15) is 171 Å². The first-order chi connectivity index (χ1) is 31.5. The molecule has 8 heteroatoms. The Morgan fingerprint density at radius 2 is 0.985 bits per heavy atom. The smallest absolute Gasteiger partial charge is 0.158 e. The van der Waals surface area contributed by atoms with Gasteiger partial charge in [0.05, 0.1) is 30.3 Å². The van der Waals surface area contributed by atoms with Gasteiger partial charge in [-0.2, -0.15) is 0 Å². The minimum Gasteiger partial charge on any atom is -0.504 e. The Balaban J connectivity index is 0.000000384. The Kier molecular flexibility index (Phi) is 26.5. The van der Waals surface area contributed by atoms with Crippen molar-refractivity contribution in [3.8, 4) is 23.3 Å². The fraction of sp³-hybridized carbons (Fsp3) is 0.544. The van der Waals surface area contributed by atoms with E-state index in [2.05, 4.69) is 89.8 Å². The van der Waals surface area contributed by atoms with E-state index in [1.807, 2.05) is 18.3 Å². The lowest BCUT2D eigenvalue weighted by atomic mass is 9.92. The number of aryl methyl sites for hydroxylation is 5. The van der Waals surface area contributed by atoms with Crippen molar-refractivity contribution in [1.82, 2.24) is 0 Å². The van der Waals surface area contributed by atoms with Crippen LogP contribution in [0.5, 0.6) is 11.5 Å². The molecule has 3 unspecified atom stereocenters. The fourth-order valence-corrected chi connectivity index (χ4v) is 7.92. The Bertz CT molecular complexity index is 2110. The maximum absolute atomic E-state index is 10.1. The zero-order valence-electron chi connectivity index (χ0n) is 40.7. The van der Waals surface area contributed by atoms with Crippen molar-refractivity contribution in [2.24, 2.45) is 9.98 Å². The van der Waals surface area contributed by atoms with E-state index in [-0.39, 0.29) is 17.9 Å². The quantitative estimate of drug-likeness (QED) is 0.0152. The number of fused-ring (bicyclic) bond motifs is 1. The molecule has 0 aliphatic heterocycles. The molecule has 356 valence electrons. The van der Waals surface area contributed by atoms with Crippen LogP contribution >= 0.6 is 0 Å². The van der Waals surface area contributed by atoms with E-state index in [9.17, 15) is 25.5 Å². The van der Waals surface area contributed by atoms with Crippen molar-refractivity contribution in [3.05, 3.63) is 94.0 Å². The van der Waals surface area contributed by atoms with Gasteiger partial charge in [0.1, 0.15) is 17.9 Å². The van der Waals surface area contributed by atoms with E-state index < -0.39 is 24.9 Å². The molecule has 0 fully saturated rings. The lowest BCUT2D eigenvalue weighted by Gasteiger charge is -2.22. The summed E-state index contributed by atoms with van der Waals surface area (Å²) in [5.41, 5.74) is 10.3. The summed E-state index contributed by atoms with van der Waals surface area (Å²) in [6.07, 6.45) is 20.8. The summed E-state index contributed by atoms with van der Waals surface area (Å²) in [6.45, 7) is 12.8. The molecule has 0 amide bonds. The number of aromatic hydroxyl groups is 2. The summed E-state index contributed by atoms with van der Waals surface area (Å²) in [5, 5.41) is 59.5. The van der Waals surface area contributed by atoms with Gasteiger partial charge in [-0.05, 0) is 157 Å². The Morgan fingerprint density at radius 3 is 1.52 bits per heavy atom. The van der Waals surface area contributed by atoms with Gasteiger partial charge in [0.15, 0.2) is 11.5 Å². The molecule has 4 aromatic carbocycles. The molecule has 0 radical (unpaired) electrons. The summed E-state index contributed by atoms with van der Waals surface area (Å²) in [7, 11) is 0. The number of phenols is 2. The second-order valence-corrected chi connectivity index (χ2v) is 17.6. The number of hydrogen-bond donors (Lipinski definition) is 6. The number of phenolic OH excluding ortho intramolecular Hbond substituents is 2. The second-order valence-electron chi connectivity index (χ2n) is 17.6. The molecular weight excluding hydrogens is 809 g/mol. The third kappa shape index (κ3) is 19.1. The van der Waals surface area contributed by atoms with Crippen LogP contribution in [0.15, 0.2) is 70.6 Å². The molecule has 0 aliphatic carbocycles. The molecule has 0 saturated carbocycles. The normalized spacial score (nSPS) is 13.0. The topological polar surface area (TPSA) is 146 Å². The van der Waals surface area contributed by atoms with Crippen molar-refractivity contribution in [2.75, 3.05) is 6.61 Å². The van der Waals surface area contributed by atoms with E-state index in [1.54, 1.807) is 0 Å². The first kappa shape index (κ1) is 54.8. The van der Waals surface area contributed by atoms with Crippen LogP contribution in [-0.4, -0.2) is 67.5 Å². The highest BCUT2D eigenvalue weighted by Crippen LogP contribution is 2.35. The number of aliphatic hydroxyl groups is 4. The predicted octanol–water partition coefficient (Wildman–Crippen LogP) is 12.7. The monoisotopic (exact) mass is 891 g/mol. The van der Waals surface area contributed by atoms with Gasteiger partial charge in [-0.25, -0.2) is 4.99 Å². The number of rotatable bonds is 27. The number of aliphatic hydroxyl groups excluding tert-OH is 4. The molecule has 4 rings (SSSR count). The molecule has 3 atom stereocenters. The van der Waals surface area contributed by atoms with Crippen LogP contribution < -0.4 is 0 Å². The lowest BCUT2D eigenvalue weighted by Crippen LogP contribution is -2.40. The van der Waals surface area contributed by atoms with Gasteiger partial charge in [-0.15, -0.1) is 0 Å². The maximum atomic E-state index is 10.1. The van der Waals surface area contributed by atoms with Crippen LogP contribution in [0.2, 0.25) is 0 Å². The maximum Gasteiger partial charge on any atom is 0.158 e. The molecule has 0 saturated heterocycles. The van der Waals surface area contributed by atoms with Crippen LogP contribution in [0, 0.1) is 11.8 Å². The average Bonchev–Trinajstić information content (AvgIpc) is 3.31. The molecule has 0 aliphatic rings. The van der Waals surface area contributed by atoms with Gasteiger partial charge in [-0.3, -0.25) is 4.99 Å². The summed E-state index contributed by atoms with van der Waals surface area (Å²) in [6, 6.07) is 20.2. The highest BCUT2D eigenvalue weighted by Gasteiger charge is 2.25. The van der Waals surface area contributed by atoms with Gasteiger partial charge >= 0.3 is 0 Å². The number of nitrogens with zero attached hydrogens (tertiary/aromatic N) is 2. The van der Waals surface area contributed by atoms with Crippen molar-refractivity contribution in [3.63, 3.8) is 0 Å². The van der Waals surface area contributed by atoms with Crippen LogP contribution in [0.3, 0.4) is 0 Å². The fourth-order valence-electron chi connectivity index (χ4n) is 7.92. The van der Waals surface area contributed by atoms with Gasteiger partial charge in [0.25, 0.3) is 0 Å². The minimum absolute atomic E-state index is 0.0347. The standard InChI is InChI=1S/C38H56N2.C19H26O6/c1-6-11-16-17-18-19-24-38(40-37-28-26-33(21-13-8-3)35(30-37)23-15-10-5)31-39-36-27-25-32(20-12-7-2)34(29-36)22-14-9-4;1-2-3-4-11-5-6-12(7-17(23)19(25)18(24)10-20)14-9-16(22)15(21)8-13(11)14/h25-31H,6-18,20-23H2,1-5H3;5-6,8-9,17-25H,2-4,7,10H2,1H3. The molecule has 0 aromatic heterocycles. The van der Waals surface area contributed by atoms with Crippen LogP contribution in [0.25, 0.3) is 10.8 Å². The summed E-state index contributed by atoms with van der Waals surface area (Å²) < 4.78 is 0. The van der Waals surface area contributed by atoms with E-state index >= 15 is 0 Å².